The van der Waals surface area contributed by atoms with Crippen LogP contribution in [0.4, 0.5) is 0 Å². The van der Waals surface area contributed by atoms with E-state index in [1.165, 1.54) is 0 Å². The molecule has 0 saturated carbocycles. The number of nitrogens with zero attached hydrogens (tertiary/aromatic N) is 4. The first-order valence-electron chi connectivity index (χ1n) is 10.7. The Hall–Kier alpha value is -2.84. The molecule has 8 heteroatoms. The molecule has 0 radical (unpaired) electrons. The normalized spacial score (nSPS) is 15.7. The minimum absolute atomic E-state index is 0.104. The number of H-pyrrole nitrogens is 1. The second kappa shape index (κ2) is 8.72. The number of hydrogen-bond acceptors (Lipinski definition) is 6. The van der Waals surface area contributed by atoms with Crippen LogP contribution in [0.3, 0.4) is 0 Å². The molecule has 0 amide bonds. The van der Waals surface area contributed by atoms with Gasteiger partial charge in [0.05, 0.1) is 26.0 Å². The van der Waals surface area contributed by atoms with Crippen molar-refractivity contribution in [3.8, 4) is 22.6 Å². The number of aryl methyl sites for hydroxylation is 1. The lowest BCUT2D eigenvalue weighted by atomic mass is 10.00. The maximum atomic E-state index is 12.4. The summed E-state index contributed by atoms with van der Waals surface area (Å²) in [5.74, 6) is 1.57. The first-order valence-corrected chi connectivity index (χ1v) is 10.7. The maximum Gasteiger partial charge on any atom is 0.276 e. The molecule has 1 N–H and O–H groups in total. The molecule has 1 saturated heterocycles. The Morgan fingerprint density at radius 1 is 1.10 bits per heavy atom. The zero-order chi connectivity index (χ0) is 22.1. The van der Waals surface area contributed by atoms with Gasteiger partial charge in [-0.3, -0.25) is 19.7 Å². The number of benzene rings is 1. The quantitative estimate of drug-likeness (QED) is 0.654. The first kappa shape index (κ1) is 21.4. The van der Waals surface area contributed by atoms with Crippen LogP contribution < -0.4 is 15.0 Å². The highest BCUT2D eigenvalue weighted by Crippen LogP contribution is 2.37. The Kier molecular flexibility index (Phi) is 6.02. The van der Waals surface area contributed by atoms with Crippen molar-refractivity contribution in [1.29, 1.82) is 0 Å². The van der Waals surface area contributed by atoms with Gasteiger partial charge >= 0.3 is 0 Å². The molecule has 0 spiro atoms. The van der Waals surface area contributed by atoms with Crippen LogP contribution in [0, 0.1) is 0 Å². The van der Waals surface area contributed by atoms with Crippen LogP contribution >= 0.6 is 0 Å². The third-order valence-electron chi connectivity index (χ3n) is 6.22. The lowest BCUT2D eigenvalue weighted by Crippen LogP contribution is -2.48. The summed E-state index contributed by atoms with van der Waals surface area (Å²) in [4.78, 5) is 17.3. The number of hydrogen-bond donors (Lipinski definition) is 1. The number of ether oxygens (including phenoxy) is 2. The lowest BCUT2D eigenvalue weighted by molar-refractivity contribution is 0.103. The summed E-state index contributed by atoms with van der Waals surface area (Å²) in [5.41, 5.74) is 3.25. The average molecular weight is 426 g/mol. The van der Waals surface area contributed by atoms with E-state index < -0.39 is 0 Å². The monoisotopic (exact) mass is 425 g/mol. The van der Waals surface area contributed by atoms with Gasteiger partial charge in [-0.05, 0) is 31.5 Å². The molecular weight excluding hydrogens is 394 g/mol. The van der Waals surface area contributed by atoms with Crippen molar-refractivity contribution >= 4 is 10.9 Å². The molecule has 166 valence electrons. The fraction of sp³-hybridized carbons (Fsp3) is 0.478. The smallest absolute Gasteiger partial charge is 0.276 e. The third kappa shape index (κ3) is 4.05. The molecule has 31 heavy (non-hydrogen) atoms. The van der Waals surface area contributed by atoms with Gasteiger partial charge in [-0.2, -0.15) is 5.10 Å². The van der Waals surface area contributed by atoms with Crippen LogP contribution in [-0.2, 0) is 13.6 Å². The largest absolute Gasteiger partial charge is 0.496 e. The Morgan fingerprint density at radius 3 is 2.32 bits per heavy atom. The number of aromatic amines is 1. The van der Waals surface area contributed by atoms with Crippen molar-refractivity contribution in [2.75, 3.05) is 40.4 Å². The average Bonchev–Trinajstić information content (AvgIpc) is 3.27. The fourth-order valence-corrected chi connectivity index (χ4v) is 4.34. The Morgan fingerprint density at radius 2 is 1.74 bits per heavy atom. The van der Waals surface area contributed by atoms with E-state index in [4.69, 9.17) is 9.47 Å². The van der Waals surface area contributed by atoms with E-state index in [1.54, 1.807) is 32.0 Å². The molecule has 8 nitrogen and oxygen atoms in total. The lowest BCUT2D eigenvalue weighted by Gasteiger charge is -2.37. The summed E-state index contributed by atoms with van der Waals surface area (Å²) in [6.45, 7) is 9.43. The highest BCUT2D eigenvalue weighted by Gasteiger charge is 2.23. The second-order valence-corrected chi connectivity index (χ2v) is 8.38. The molecule has 0 unspecified atom stereocenters. The molecule has 3 aromatic rings. The summed E-state index contributed by atoms with van der Waals surface area (Å²) >= 11 is 0. The molecule has 4 rings (SSSR count). The van der Waals surface area contributed by atoms with Crippen molar-refractivity contribution in [2.24, 2.45) is 7.05 Å². The molecule has 2 aromatic heterocycles. The Balaban J connectivity index is 1.70. The number of rotatable bonds is 6. The van der Waals surface area contributed by atoms with Gasteiger partial charge < -0.3 is 14.0 Å². The van der Waals surface area contributed by atoms with E-state index >= 15 is 0 Å². The molecule has 1 aliphatic heterocycles. The molecule has 3 heterocycles. The summed E-state index contributed by atoms with van der Waals surface area (Å²) in [7, 11) is 5.12. The van der Waals surface area contributed by atoms with Crippen molar-refractivity contribution in [1.82, 2.24) is 24.6 Å². The molecular formula is C23H31N5O3. The van der Waals surface area contributed by atoms with Crippen LogP contribution in [0.2, 0.25) is 0 Å². The summed E-state index contributed by atoms with van der Waals surface area (Å²) in [6, 6.07) is 4.62. The SMILES string of the molecule is COc1cc(-c2cn(C)c(=O)c3[nH]ncc23)cc(OC)c1CN1CCN(C(C)C)CC1. The predicted molar refractivity (Wildman–Crippen MR) is 122 cm³/mol. The minimum Gasteiger partial charge on any atom is -0.496 e. The highest BCUT2D eigenvalue weighted by atomic mass is 16.5. The van der Waals surface area contributed by atoms with E-state index in [2.05, 4.69) is 33.8 Å². The standard InChI is InChI=1S/C23H31N5O3/c1-15(2)28-8-6-27(7-9-28)14-19-20(30-4)10-16(11-21(19)31-5)18-13-26(3)23(29)22-17(18)12-24-25-22/h10-13,15H,6-9,14H2,1-5H3,(H,24,25). The molecule has 1 fully saturated rings. The van der Waals surface area contributed by atoms with E-state index in [0.29, 0.717) is 11.6 Å². The third-order valence-corrected chi connectivity index (χ3v) is 6.22. The van der Waals surface area contributed by atoms with Gasteiger partial charge in [-0.15, -0.1) is 0 Å². The van der Waals surface area contributed by atoms with Gasteiger partial charge in [0.25, 0.3) is 5.56 Å². The topological polar surface area (TPSA) is 75.6 Å². The van der Waals surface area contributed by atoms with Gasteiger partial charge in [0.15, 0.2) is 0 Å². The summed E-state index contributed by atoms with van der Waals surface area (Å²) in [6.07, 6.45) is 3.52. The number of fused-ring (bicyclic) bond motifs is 1. The molecule has 0 aliphatic carbocycles. The summed E-state index contributed by atoms with van der Waals surface area (Å²) in [5, 5.41) is 7.68. The van der Waals surface area contributed by atoms with Crippen molar-refractivity contribution < 1.29 is 9.47 Å². The van der Waals surface area contributed by atoms with Crippen molar-refractivity contribution in [3.05, 3.63) is 40.4 Å². The zero-order valence-corrected chi connectivity index (χ0v) is 18.9. The molecule has 0 atom stereocenters. The van der Waals surface area contributed by atoms with Crippen LogP contribution in [0.5, 0.6) is 11.5 Å². The van der Waals surface area contributed by atoms with Crippen LogP contribution in [0.25, 0.3) is 22.0 Å². The maximum absolute atomic E-state index is 12.4. The van der Waals surface area contributed by atoms with Crippen molar-refractivity contribution in [2.45, 2.75) is 26.4 Å². The minimum atomic E-state index is -0.104. The number of pyridine rings is 1. The van der Waals surface area contributed by atoms with Crippen LogP contribution in [0.15, 0.2) is 29.3 Å². The Bertz CT molecular complexity index is 1100. The van der Waals surface area contributed by atoms with E-state index in [1.807, 2.05) is 18.3 Å². The molecule has 1 aromatic carbocycles. The Labute approximate surface area is 182 Å². The molecule has 0 bridgehead atoms. The summed E-state index contributed by atoms with van der Waals surface area (Å²) < 4.78 is 13.1. The number of methoxy groups -OCH3 is 2. The number of piperazine rings is 1. The second-order valence-electron chi connectivity index (χ2n) is 8.38. The van der Waals surface area contributed by atoms with Crippen LogP contribution in [-0.4, -0.2) is 71.0 Å². The number of aromatic nitrogens is 3. The highest BCUT2D eigenvalue weighted by molar-refractivity contribution is 5.94. The van der Waals surface area contributed by atoms with Gasteiger partial charge in [-0.25, -0.2) is 0 Å². The predicted octanol–water partition coefficient (Wildman–Crippen LogP) is 2.47. The number of nitrogens with one attached hydrogen (secondary N) is 1. The zero-order valence-electron chi connectivity index (χ0n) is 18.9. The van der Waals surface area contributed by atoms with Gasteiger partial charge in [0.2, 0.25) is 0 Å². The van der Waals surface area contributed by atoms with Gasteiger partial charge in [0, 0.05) is 63.0 Å². The fourth-order valence-electron chi connectivity index (χ4n) is 4.34. The van der Waals surface area contributed by atoms with E-state index in [-0.39, 0.29) is 5.56 Å². The van der Waals surface area contributed by atoms with Crippen molar-refractivity contribution in [3.63, 3.8) is 0 Å². The van der Waals surface area contributed by atoms with Gasteiger partial charge in [0.1, 0.15) is 17.0 Å². The first-order chi connectivity index (χ1) is 14.9. The van der Waals surface area contributed by atoms with Crippen LogP contribution in [0.1, 0.15) is 19.4 Å². The van der Waals surface area contributed by atoms with Gasteiger partial charge in [-0.1, -0.05) is 0 Å². The van der Waals surface area contributed by atoms with E-state index in [9.17, 15) is 4.79 Å². The molecule has 1 aliphatic rings. The van der Waals surface area contributed by atoms with E-state index in [0.717, 1.165) is 66.3 Å².